The van der Waals surface area contributed by atoms with Crippen molar-refractivity contribution in [2.45, 2.75) is 70.1 Å². The molecule has 1 unspecified atom stereocenters. The van der Waals surface area contributed by atoms with Gasteiger partial charge in [-0.05, 0) is 71.7 Å². The summed E-state index contributed by atoms with van der Waals surface area (Å²) in [5, 5.41) is 20.9. The zero-order valence-corrected chi connectivity index (χ0v) is 29.1. The van der Waals surface area contributed by atoms with Crippen LogP contribution in [0.25, 0.3) is 0 Å². The first-order chi connectivity index (χ1) is 21.9. The van der Waals surface area contributed by atoms with Crippen molar-refractivity contribution >= 4 is 66.0 Å². The number of nitro groups is 2. The fraction of sp³-hybridized carbons (Fsp3) is 0.467. The first kappa shape index (κ1) is 37.6. The van der Waals surface area contributed by atoms with Crippen molar-refractivity contribution in [1.82, 2.24) is 4.90 Å². The second kappa shape index (κ2) is 15.8. The van der Waals surface area contributed by atoms with E-state index in [0.717, 1.165) is 16.7 Å². The lowest BCUT2D eigenvalue weighted by Crippen LogP contribution is -2.68. The maximum Gasteiger partial charge on any atom is 0.367 e. The normalized spacial score (nSPS) is 17.0. The van der Waals surface area contributed by atoms with Crippen LogP contribution in [-0.2, 0) is 41.5 Å². The summed E-state index contributed by atoms with van der Waals surface area (Å²) >= 11 is 7.18. The second-order valence-electron chi connectivity index (χ2n) is 12.3. The molecule has 0 saturated carbocycles. The monoisotopic (exact) mass is 709 g/mol. The summed E-state index contributed by atoms with van der Waals surface area (Å²) in [6.45, 7) is 9.31. The Morgan fingerprint density at radius 1 is 0.936 bits per heavy atom. The van der Waals surface area contributed by atoms with Crippen molar-refractivity contribution in [3.8, 4) is 0 Å². The molecule has 1 amide bonds. The van der Waals surface area contributed by atoms with Gasteiger partial charge in [-0.2, -0.15) is 0 Å². The number of ketones is 1. The van der Waals surface area contributed by atoms with Gasteiger partial charge in [0.25, 0.3) is 11.4 Å². The van der Waals surface area contributed by atoms with Gasteiger partial charge in [-0.25, -0.2) is 9.59 Å². The van der Waals surface area contributed by atoms with Crippen molar-refractivity contribution in [3.05, 3.63) is 79.9 Å². The Balaban J connectivity index is 1.62. The van der Waals surface area contributed by atoms with E-state index in [9.17, 15) is 39.4 Å². The molecule has 1 aliphatic heterocycles. The highest BCUT2D eigenvalue weighted by Crippen LogP contribution is 2.38. The molecule has 0 bridgehead atoms. The van der Waals surface area contributed by atoms with Gasteiger partial charge in [-0.1, -0.05) is 32.4 Å². The Morgan fingerprint density at radius 3 is 1.89 bits per heavy atom. The molecular weight excluding hydrogens is 674 g/mol. The van der Waals surface area contributed by atoms with Crippen molar-refractivity contribution in [2.24, 2.45) is 5.92 Å². The van der Waals surface area contributed by atoms with E-state index in [1.165, 1.54) is 48.5 Å². The zero-order chi connectivity index (χ0) is 35.1. The molecule has 1 fully saturated rings. The Hall–Kier alpha value is -3.86. The number of hydrogen-bond donors (Lipinski definition) is 0. The number of carbonyl (C=O) groups is 4. The number of Topliss-reactive ketones (excluding diaryl/α,β-unsaturated/α-hetero) is 1. The van der Waals surface area contributed by atoms with Gasteiger partial charge in [0.15, 0.2) is 14.1 Å². The smallest absolute Gasteiger partial charge is 0.367 e. The lowest BCUT2D eigenvalue weighted by molar-refractivity contribution is -0.385. The average Bonchev–Trinajstić information content (AvgIpc) is 3.01. The van der Waals surface area contributed by atoms with Crippen molar-refractivity contribution in [1.29, 1.82) is 0 Å². The molecule has 2 aromatic carbocycles. The number of likely N-dealkylation sites (tertiary alicyclic amines) is 1. The first-order valence-corrected chi connectivity index (χ1v) is 18.8. The Morgan fingerprint density at radius 2 is 1.43 bits per heavy atom. The van der Waals surface area contributed by atoms with Crippen LogP contribution in [0.2, 0.25) is 18.1 Å². The van der Waals surface area contributed by atoms with Crippen LogP contribution < -0.4 is 0 Å². The largest absolute Gasteiger partial charge is 0.458 e. The second-order valence-corrected chi connectivity index (χ2v) is 18.5. The number of benzene rings is 2. The first-order valence-electron chi connectivity index (χ1n) is 14.5. The Kier molecular flexibility index (Phi) is 12.7. The predicted octanol–water partition coefficient (Wildman–Crippen LogP) is 5.99. The van der Waals surface area contributed by atoms with E-state index in [4.69, 9.17) is 25.5 Å². The number of β-lactam (4-membered cyclic amide) rings is 1. The number of amides is 1. The quantitative estimate of drug-likeness (QED) is 0.0401. The van der Waals surface area contributed by atoms with E-state index >= 15 is 0 Å². The third kappa shape index (κ3) is 9.82. The van der Waals surface area contributed by atoms with E-state index in [0.29, 0.717) is 11.1 Å². The molecule has 17 heteroatoms. The van der Waals surface area contributed by atoms with Gasteiger partial charge in [0, 0.05) is 30.0 Å². The maximum atomic E-state index is 13.5. The number of nitrogens with zero attached hydrogens (tertiary/aromatic N) is 3. The number of esters is 1. The van der Waals surface area contributed by atoms with E-state index in [-0.39, 0.29) is 48.4 Å². The molecule has 1 heterocycles. The van der Waals surface area contributed by atoms with Crippen LogP contribution in [0.3, 0.4) is 0 Å². The summed E-state index contributed by atoms with van der Waals surface area (Å²) in [6, 6.07) is 9.78. The molecule has 1 saturated heterocycles. The summed E-state index contributed by atoms with van der Waals surface area (Å²) in [5.41, 5.74) is -0.851. The molecule has 0 aromatic heterocycles. The third-order valence-electron chi connectivity index (χ3n) is 8.08. The van der Waals surface area contributed by atoms with Crippen LogP contribution in [0.1, 0.15) is 38.3 Å². The highest BCUT2D eigenvalue weighted by Gasteiger charge is 2.55. The minimum atomic E-state index is -2.35. The van der Waals surface area contributed by atoms with Crippen LogP contribution in [0.4, 0.5) is 16.2 Å². The van der Waals surface area contributed by atoms with Crippen LogP contribution in [0, 0.1) is 26.1 Å². The van der Waals surface area contributed by atoms with Gasteiger partial charge in [-0.3, -0.25) is 29.8 Å². The maximum absolute atomic E-state index is 13.5. The molecule has 254 valence electrons. The molecule has 0 radical (unpaired) electrons. The van der Waals surface area contributed by atoms with Gasteiger partial charge in [-0.15, -0.1) is 0 Å². The van der Waals surface area contributed by atoms with Crippen molar-refractivity contribution < 1.29 is 42.9 Å². The fourth-order valence-corrected chi connectivity index (χ4v) is 6.16. The van der Waals surface area contributed by atoms with Crippen molar-refractivity contribution in [2.75, 3.05) is 12.4 Å². The lowest BCUT2D eigenvalue weighted by Gasteiger charge is -2.48. The molecule has 3 rings (SSSR count). The number of hydrogen-bond acceptors (Lipinski definition) is 12. The summed E-state index contributed by atoms with van der Waals surface area (Å²) in [7, 11) is -2.35. The molecule has 0 aliphatic carbocycles. The SMILES string of the molecule is CC(C)(C)[Si](C)(C)OCC(=O)[C@H]1[C@H](CCSC(=O)OCc2ccc([N+](=O)[O-])cc2)C(=O)N1C(Cl)C(=O)OCc1ccc([N+](=O)[O-])cc1. The van der Waals surface area contributed by atoms with Gasteiger partial charge < -0.3 is 18.8 Å². The highest BCUT2D eigenvalue weighted by atomic mass is 35.5. The highest BCUT2D eigenvalue weighted by molar-refractivity contribution is 8.13. The van der Waals surface area contributed by atoms with E-state index in [2.05, 4.69) is 0 Å². The number of alkyl halides is 1. The zero-order valence-electron chi connectivity index (χ0n) is 26.5. The number of nitro benzene ring substituents is 2. The molecular formula is C30H36ClN3O11SSi. The van der Waals surface area contributed by atoms with Crippen molar-refractivity contribution in [3.63, 3.8) is 0 Å². The van der Waals surface area contributed by atoms with Gasteiger partial charge in [0.1, 0.15) is 19.3 Å². The number of non-ortho nitro benzene ring substituents is 2. The lowest BCUT2D eigenvalue weighted by atomic mass is 9.82. The Bertz CT molecular complexity index is 1500. The van der Waals surface area contributed by atoms with Crippen LogP contribution in [0.15, 0.2) is 48.5 Å². The number of halogens is 1. The van der Waals surface area contributed by atoms with Crippen LogP contribution in [-0.4, -0.2) is 69.9 Å². The topological polar surface area (TPSA) is 185 Å². The number of thioether (sulfide) groups is 1. The van der Waals surface area contributed by atoms with Gasteiger partial charge in [0.2, 0.25) is 11.4 Å². The van der Waals surface area contributed by atoms with E-state index in [1.54, 1.807) is 0 Å². The molecule has 0 N–H and O–H groups in total. The standard InChI is InChI=1S/C30H36ClN3O11SSi/c1-30(2,3)47(4,5)45-18-24(35)25-23(14-15-46-29(38)44-17-20-8-12-22(13-9-20)34(41)42)27(36)32(25)26(31)28(37)43-16-19-6-10-21(11-7-19)33(39)40/h6-13,23,25-26H,14-18H2,1-5H3/t23-,25+,26?/m0/s1. The molecule has 3 atom stereocenters. The fourth-order valence-electron chi connectivity index (χ4n) is 4.26. The summed E-state index contributed by atoms with van der Waals surface area (Å²) in [5.74, 6) is -2.75. The van der Waals surface area contributed by atoms with Crippen LogP contribution >= 0.6 is 23.4 Å². The number of rotatable bonds is 15. The molecule has 14 nitrogen and oxygen atoms in total. The summed E-state index contributed by atoms with van der Waals surface area (Å²) < 4.78 is 16.5. The molecule has 47 heavy (non-hydrogen) atoms. The number of ether oxygens (including phenoxy) is 2. The van der Waals surface area contributed by atoms with Gasteiger partial charge >= 0.3 is 11.3 Å². The minimum absolute atomic E-state index is 0.0931. The minimum Gasteiger partial charge on any atom is -0.458 e. The van der Waals surface area contributed by atoms with Crippen LogP contribution in [0.5, 0.6) is 0 Å². The average molecular weight is 710 g/mol. The summed E-state index contributed by atoms with van der Waals surface area (Å²) in [6.07, 6.45) is 0.102. The molecule has 2 aromatic rings. The molecule has 1 aliphatic rings. The molecule has 0 spiro atoms. The summed E-state index contributed by atoms with van der Waals surface area (Å²) in [4.78, 5) is 73.4. The third-order valence-corrected chi connectivity index (χ3v) is 13.7. The predicted molar refractivity (Wildman–Crippen MR) is 175 cm³/mol. The number of carbonyl (C=O) groups excluding carboxylic acids is 4. The van der Waals surface area contributed by atoms with Gasteiger partial charge in [0.05, 0.1) is 22.4 Å². The van der Waals surface area contributed by atoms with E-state index in [1.807, 2.05) is 33.9 Å². The van der Waals surface area contributed by atoms with E-state index < -0.39 is 58.6 Å². The Labute approximate surface area is 281 Å².